The molecule has 0 aromatic heterocycles. The zero-order valence-electron chi connectivity index (χ0n) is 12.7. The molecule has 20 heavy (non-hydrogen) atoms. The molecule has 0 saturated heterocycles. The standard InChI is InChI=1S/C18H23NO/c1-13(2)19-12-15-8-9-18(14(3)10-15)16-6-5-7-17(11-16)20-4/h5-11,13,19H,12H2,1-4H3. The first kappa shape index (κ1) is 14.6. The molecule has 0 radical (unpaired) electrons. The minimum atomic E-state index is 0.508. The van der Waals surface area contributed by atoms with Crippen LogP contribution in [0.1, 0.15) is 25.0 Å². The van der Waals surface area contributed by atoms with Crippen molar-refractivity contribution >= 4 is 0 Å². The SMILES string of the molecule is COc1cccc(-c2ccc(CNC(C)C)cc2C)c1. The maximum absolute atomic E-state index is 5.29. The fraction of sp³-hybridized carbons (Fsp3) is 0.333. The summed E-state index contributed by atoms with van der Waals surface area (Å²) in [6.07, 6.45) is 0. The van der Waals surface area contributed by atoms with Crippen LogP contribution in [-0.4, -0.2) is 13.2 Å². The molecule has 0 saturated carbocycles. The maximum Gasteiger partial charge on any atom is 0.119 e. The molecular formula is C18H23NO. The zero-order chi connectivity index (χ0) is 14.5. The second kappa shape index (κ2) is 6.58. The van der Waals surface area contributed by atoms with E-state index in [0.717, 1.165) is 12.3 Å². The van der Waals surface area contributed by atoms with E-state index < -0.39 is 0 Å². The summed E-state index contributed by atoms with van der Waals surface area (Å²) in [7, 11) is 1.70. The van der Waals surface area contributed by atoms with Crippen molar-refractivity contribution in [3.05, 3.63) is 53.6 Å². The van der Waals surface area contributed by atoms with Gasteiger partial charge in [-0.25, -0.2) is 0 Å². The minimum Gasteiger partial charge on any atom is -0.497 e. The zero-order valence-corrected chi connectivity index (χ0v) is 12.7. The van der Waals surface area contributed by atoms with E-state index in [1.54, 1.807) is 7.11 Å². The van der Waals surface area contributed by atoms with Gasteiger partial charge in [0.25, 0.3) is 0 Å². The van der Waals surface area contributed by atoms with Gasteiger partial charge in [-0.1, -0.05) is 44.2 Å². The highest BCUT2D eigenvalue weighted by molar-refractivity contribution is 5.68. The Labute approximate surface area is 121 Å². The Morgan fingerprint density at radius 3 is 2.55 bits per heavy atom. The lowest BCUT2D eigenvalue weighted by molar-refractivity contribution is 0.415. The molecule has 2 heteroatoms. The van der Waals surface area contributed by atoms with Crippen molar-refractivity contribution in [3.63, 3.8) is 0 Å². The van der Waals surface area contributed by atoms with E-state index in [1.165, 1.54) is 22.3 Å². The maximum atomic E-state index is 5.29. The van der Waals surface area contributed by atoms with E-state index >= 15 is 0 Å². The highest BCUT2D eigenvalue weighted by atomic mass is 16.5. The molecule has 0 unspecified atom stereocenters. The predicted molar refractivity (Wildman–Crippen MR) is 85.1 cm³/mol. The highest BCUT2D eigenvalue weighted by Crippen LogP contribution is 2.27. The number of methoxy groups -OCH3 is 1. The van der Waals surface area contributed by atoms with E-state index in [1.807, 2.05) is 12.1 Å². The fourth-order valence-corrected chi connectivity index (χ4v) is 2.27. The Morgan fingerprint density at radius 1 is 1.10 bits per heavy atom. The first-order valence-corrected chi connectivity index (χ1v) is 7.07. The van der Waals surface area contributed by atoms with Crippen LogP contribution in [0.4, 0.5) is 0 Å². The van der Waals surface area contributed by atoms with Crippen molar-refractivity contribution in [1.82, 2.24) is 5.32 Å². The quantitative estimate of drug-likeness (QED) is 0.879. The molecular weight excluding hydrogens is 246 g/mol. The average Bonchev–Trinajstić information content (AvgIpc) is 2.45. The second-order valence-electron chi connectivity index (χ2n) is 5.42. The summed E-state index contributed by atoms with van der Waals surface area (Å²) in [5, 5.41) is 3.45. The van der Waals surface area contributed by atoms with Gasteiger partial charge < -0.3 is 10.1 Å². The van der Waals surface area contributed by atoms with E-state index in [4.69, 9.17) is 4.74 Å². The first-order valence-electron chi connectivity index (χ1n) is 7.07. The van der Waals surface area contributed by atoms with Crippen LogP contribution in [0.2, 0.25) is 0 Å². The normalized spacial score (nSPS) is 10.8. The van der Waals surface area contributed by atoms with Gasteiger partial charge in [-0.05, 0) is 41.3 Å². The molecule has 0 spiro atoms. The van der Waals surface area contributed by atoms with Gasteiger partial charge in [0.05, 0.1) is 7.11 Å². The minimum absolute atomic E-state index is 0.508. The third kappa shape index (κ3) is 3.61. The number of hydrogen-bond acceptors (Lipinski definition) is 2. The van der Waals surface area contributed by atoms with Gasteiger partial charge >= 0.3 is 0 Å². The molecule has 0 aliphatic rings. The third-order valence-electron chi connectivity index (χ3n) is 3.39. The summed E-state index contributed by atoms with van der Waals surface area (Å²) in [4.78, 5) is 0. The van der Waals surface area contributed by atoms with Crippen LogP contribution in [-0.2, 0) is 6.54 Å². The summed E-state index contributed by atoms with van der Waals surface area (Å²) in [5.41, 5.74) is 5.08. The van der Waals surface area contributed by atoms with Crippen LogP contribution in [0, 0.1) is 6.92 Å². The first-order chi connectivity index (χ1) is 9.60. The Morgan fingerprint density at radius 2 is 1.90 bits per heavy atom. The molecule has 1 N–H and O–H groups in total. The summed E-state index contributed by atoms with van der Waals surface area (Å²) in [6, 6.07) is 15.4. The molecule has 0 aliphatic carbocycles. The molecule has 2 aromatic rings. The van der Waals surface area contributed by atoms with Crippen molar-refractivity contribution in [1.29, 1.82) is 0 Å². The van der Waals surface area contributed by atoms with Crippen molar-refractivity contribution in [2.75, 3.05) is 7.11 Å². The van der Waals surface area contributed by atoms with E-state index in [-0.39, 0.29) is 0 Å². The van der Waals surface area contributed by atoms with Crippen molar-refractivity contribution < 1.29 is 4.74 Å². The molecule has 2 nitrogen and oxygen atoms in total. The van der Waals surface area contributed by atoms with Gasteiger partial charge in [0.2, 0.25) is 0 Å². The van der Waals surface area contributed by atoms with Crippen LogP contribution in [0.5, 0.6) is 5.75 Å². The Balaban J connectivity index is 2.24. The van der Waals surface area contributed by atoms with Crippen LogP contribution in [0.3, 0.4) is 0 Å². The number of hydrogen-bond donors (Lipinski definition) is 1. The van der Waals surface area contributed by atoms with Crippen LogP contribution >= 0.6 is 0 Å². The molecule has 0 aliphatic heterocycles. The second-order valence-corrected chi connectivity index (χ2v) is 5.42. The summed E-state index contributed by atoms with van der Waals surface area (Å²) in [6.45, 7) is 7.40. The van der Waals surface area contributed by atoms with Gasteiger partial charge in [-0.15, -0.1) is 0 Å². The Hall–Kier alpha value is -1.80. The van der Waals surface area contributed by atoms with E-state index in [0.29, 0.717) is 6.04 Å². The molecule has 0 amide bonds. The summed E-state index contributed by atoms with van der Waals surface area (Å²) in [5.74, 6) is 0.896. The average molecular weight is 269 g/mol. The Kier molecular flexibility index (Phi) is 4.80. The van der Waals surface area contributed by atoms with Gasteiger partial charge in [-0.3, -0.25) is 0 Å². The van der Waals surface area contributed by atoms with E-state index in [9.17, 15) is 0 Å². The number of rotatable bonds is 5. The summed E-state index contributed by atoms with van der Waals surface area (Å²) < 4.78 is 5.29. The van der Waals surface area contributed by atoms with Gasteiger partial charge in [0.1, 0.15) is 5.75 Å². The fourth-order valence-electron chi connectivity index (χ4n) is 2.27. The summed E-state index contributed by atoms with van der Waals surface area (Å²) >= 11 is 0. The highest BCUT2D eigenvalue weighted by Gasteiger charge is 2.05. The molecule has 106 valence electrons. The molecule has 0 bridgehead atoms. The van der Waals surface area contributed by atoms with Crippen LogP contribution < -0.4 is 10.1 Å². The molecule has 0 atom stereocenters. The molecule has 2 aromatic carbocycles. The van der Waals surface area contributed by atoms with Crippen LogP contribution in [0.25, 0.3) is 11.1 Å². The lowest BCUT2D eigenvalue weighted by Crippen LogP contribution is -2.21. The van der Waals surface area contributed by atoms with Gasteiger partial charge in [0, 0.05) is 12.6 Å². The predicted octanol–water partition coefficient (Wildman–Crippen LogP) is 4.17. The van der Waals surface area contributed by atoms with E-state index in [2.05, 4.69) is 56.4 Å². The molecule has 0 fully saturated rings. The monoisotopic (exact) mass is 269 g/mol. The number of nitrogens with one attached hydrogen (secondary N) is 1. The van der Waals surface area contributed by atoms with Crippen LogP contribution in [0.15, 0.2) is 42.5 Å². The lowest BCUT2D eigenvalue weighted by Gasteiger charge is -2.12. The third-order valence-corrected chi connectivity index (χ3v) is 3.39. The molecule has 2 rings (SSSR count). The number of aryl methyl sites for hydroxylation is 1. The van der Waals surface area contributed by atoms with Gasteiger partial charge in [0.15, 0.2) is 0 Å². The van der Waals surface area contributed by atoms with Crippen molar-refractivity contribution in [2.45, 2.75) is 33.4 Å². The van der Waals surface area contributed by atoms with Crippen molar-refractivity contribution in [3.8, 4) is 16.9 Å². The number of ether oxygens (including phenoxy) is 1. The van der Waals surface area contributed by atoms with Crippen molar-refractivity contribution in [2.24, 2.45) is 0 Å². The number of benzene rings is 2. The smallest absolute Gasteiger partial charge is 0.119 e. The molecule has 0 heterocycles. The topological polar surface area (TPSA) is 21.3 Å². The van der Waals surface area contributed by atoms with Gasteiger partial charge in [-0.2, -0.15) is 0 Å². The Bertz CT molecular complexity index is 575. The lowest BCUT2D eigenvalue weighted by atomic mass is 9.98. The largest absolute Gasteiger partial charge is 0.497 e.